The smallest absolute Gasteiger partial charge is 0.255 e. The van der Waals surface area contributed by atoms with E-state index < -0.39 is 6.04 Å². The zero-order chi connectivity index (χ0) is 23.0. The summed E-state index contributed by atoms with van der Waals surface area (Å²) < 4.78 is 0. The van der Waals surface area contributed by atoms with Crippen LogP contribution in [0.5, 0.6) is 0 Å². The minimum absolute atomic E-state index is 0.00761. The van der Waals surface area contributed by atoms with Gasteiger partial charge in [-0.2, -0.15) is 0 Å². The predicted octanol–water partition coefficient (Wildman–Crippen LogP) is 6.20. The molecule has 0 spiro atoms. The predicted molar refractivity (Wildman–Crippen MR) is 130 cm³/mol. The summed E-state index contributed by atoms with van der Waals surface area (Å²) in [7, 11) is 0. The Hall–Kier alpha value is -3.11. The van der Waals surface area contributed by atoms with Crippen LogP contribution in [0.25, 0.3) is 0 Å². The van der Waals surface area contributed by atoms with Gasteiger partial charge in [-0.25, -0.2) is 0 Å². The molecule has 1 heterocycles. The maximum Gasteiger partial charge on any atom is 0.255 e. The summed E-state index contributed by atoms with van der Waals surface area (Å²) in [5.41, 5.74) is 5.50. The Labute approximate surface area is 194 Å². The summed E-state index contributed by atoms with van der Waals surface area (Å²) in [5.74, 6) is 0.128. The van der Waals surface area contributed by atoms with Gasteiger partial charge in [0.05, 0.1) is 0 Å². The number of anilines is 2. The second-order valence-corrected chi connectivity index (χ2v) is 9.04. The van der Waals surface area contributed by atoms with Gasteiger partial charge in [0, 0.05) is 16.4 Å². The van der Waals surface area contributed by atoms with E-state index in [1.54, 1.807) is 34.1 Å². The van der Waals surface area contributed by atoms with Gasteiger partial charge >= 0.3 is 0 Å². The Kier molecular flexibility index (Phi) is 6.07. The molecule has 0 aliphatic carbocycles. The quantitative estimate of drug-likeness (QED) is 0.478. The van der Waals surface area contributed by atoms with Crippen LogP contribution in [0.1, 0.15) is 48.1 Å². The lowest BCUT2D eigenvalue weighted by Gasteiger charge is -2.41. The highest BCUT2D eigenvalue weighted by Gasteiger charge is 2.42. The molecule has 2 amide bonds. The SMILES string of the molecule is Cc1cccc(N2CC(=O)N(c3ccc(Cl)cc3)C(c3ccc(C(C)C)cc3)C2=O)c1C. The molecule has 1 aliphatic rings. The summed E-state index contributed by atoms with van der Waals surface area (Å²) in [4.78, 5) is 30.6. The van der Waals surface area contributed by atoms with E-state index in [1.807, 2.05) is 56.3 Å². The highest BCUT2D eigenvalue weighted by Crippen LogP contribution is 2.36. The number of carbonyl (C=O) groups excluding carboxylic acids is 2. The van der Waals surface area contributed by atoms with Crippen LogP contribution in [-0.4, -0.2) is 18.4 Å². The van der Waals surface area contributed by atoms with Crippen molar-refractivity contribution in [1.82, 2.24) is 0 Å². The van der Waals surface area contributed by atoms with Gasteiger partial charge in [0.15, 0.2) is 0 Å². The minimum atomic E-state index is -0.751. The highest BCUT2D eigenvalue weighted by atomic mass is 35.5. The molecular formula is C27H27ClN2O2. The second kappa shape index (κ2) is 8.79. The van der Waals surface area contributed by atoms with Crippen LogP contribution in [-0.2, 0) is 9.59 Å². The fraction of sp³-hybridized carbons (Fsp3) is 0.259. The number of nitrogens with zero attached hydrogens (tertiary/aromatic N) is 2. The fourth-order valence-electron chi connectivity index (χ4n) is 4.17. The number of hydrogen-bond donors (Lipinski definition) is 0. The zero-order valence-electron chi connectivity index (χ0n) is 18.8. The van der Waals surface area contributed by atoms with E-state index in [-0.39, 0.29) is 18.4 Å². The number of piperazine rings is 1. The van der Waals surface area contributed by atoms with Crippen LogP contribution in [0.2, 0.25) is 5.02 Å². The van der Waals surface area contributed by atoms with Crippen LogP contribution in [0, 0.1) is 13.8 Å². The fourth-order valence-corrected chi connectivity index (χ4v) is 4.30. The third-order valence-corrected chi connectivity index (χ3v) is 6.46. The lowest BCUT2D eigenvalue weighted by atomic mass is 9.95. The van der Waals surface area contributed by atoms with E-state index in [9.17, 15) is 9.59 Å². The molecule has 1 atom stereocenters. The molecule has 4 nitrogen and oxygen atoms in total. The summed E-state index contributed by atoms with van der Waals surface area (Å²) >= 11 is 6.07. The van der Waals surface area contributed by atoms with Crippen LogP contribution in [0.4, 0.5) is 11.4 Å². The summed E-state index contributed by atoms with van der Waals surface area (Å²) in [6.07, 6.45) is 0. The summed E-state index contributed by atoms with van der Waals surface area (Å²) in [6.45, 7) is 8.25. The van der Waals surface area contributed by atoms with Crippen molar-refractivity contribution in [3.63, 3.8) is 0 Å². The average Bonchev–Trinajstić information content (AvgIpc) is 2.78. The second-order valence-electron chi connectivity index (χ2n) is 8.61. The molecule has 164 valence electrons. The van der Waals surface area contributed by atoms with Crippen molar-refractivity contribution in [2.75, 3.05) is 16.3 Å². The van der Waals surface area contributed by atoms with Crippen molar-refractivity contribution in [3.8, 4) is 0 Å². The molecule has 1 saturated heterocycles. The van der Waals surface area contributed by atoms with E-state index in [0.29, 0.717) is 16.6 Å². The van der Waals surface area contributed by atoms with Gasteiger partial charge in [0.25, 0.3) is 5.91 Å². The third-order valence-electron chi connectivity index (χ3n) is 6.21. The molecule has 1 unspecified atom stereocenters. The van der Waals surface area contributed by atoms with Crippen molar-refractivity contribution >= 4 is 34.8 Å². The van der Waals surface area contributed by atoms with Crippen molar-refractivity contribution in [1.29, 1.82) is 0 Å². The lowest BCUT2D eigenvalue weighted by Crippen LogP contribution is -2.56. The van der Waals surface area contributed by atoms with Gasteiger partial charge in [0.1, 0.15) is 12.6 Å². The molecule has 1 fully saturated rings. The van der Waals surface area contributed by atoms with Crippen LogP contribution in [0.15, 0.2) is 66.7 Å². The van der Waals surface area contributed by atoms with Crippen molar-refractivity contribution in [2.45, 2.75) is 39.7 Å². The lowest BCUT2D eigenvalue weighted by molar-refractivity contribution is -0.128. The number of amides is 2. The van der Waals surface area contributed by atoms with Gasteiger partial charge in [-0.05, 0) is 72.4 Å². The molecular weight excluding hydrogens is 420 g/mol. The number of benzene rings is 3. The Morgan fingerprint density at radius 1 is 0.906 bits per heavy atom. The Bertz CT molecular complexity index is 1150. The van der Waals surface area contributed by atoms with E-state index in [1.165, 1.54) is 5.56 Å². The van der Waals surface area contributed by atoms with E-state index in [0.717, 1.165) is 22.4 Å². The normalized spacial score (nSPS) is 16.8. The van der Waals surface area contributed by atoms with Gasteiger partial charge in [-0.3, -0.25) is 14.5 Å². The van der Waals surface area contributed by atoms with Crippen LogP contribution in [0.3, 0.4) is 0 Å². The van der Waals surface area contributed by atoms with E-state index >= 15 is 0 Å². The molecule has 32 heavy (non-hydrogen) atoms. The maximum atomic E-state index is 13.9. The van der Waals surface area contributed by atoms with Crippen molar-refractivity contribution in [3.05, 3.63) is 94.0 Å². The Morgan fingerprint density at radius 2 is 1.56 bits per heavy atom. The third kappa shape index (κ3) is 4.03. The first-order chi connectivity index (χ1) is 15.3. The first-order valence-corrected chi connectivity index (χ1v) is 11.2. The molecule has 3 aromatic rings. The Morgan fingerprint density at radius 3 is 2.19 bits per heavy atom. The molecule has 0 N–H and O–H groups in total. The first kappa shape index (κ1) is 22.1. The zero-order valence-corrected chi connectivity index (χ0v) is 19.6. The highest BCUT2D eigenvalue weighted by molar-refractivity contribution is 6.30. The monoisotopic (exact) mass is 446 g/mol. The first-order valence-electron chi connectivity index (χ1n) is 10.8. The van der Waals surface area contributed by atoms with Crippen LogP contribution < -0.4 is 9.80 Å². The standard InChI is InChI=1S/C27H27ClN2O2/c1-17(2)20-8-10-21(11-9-20)26-27(32)29(24-7-5-6-18(3)19(24)4)16-25(31)30(26)23-14-12-22(28)13-15-23/h5-15,17,26H,16H2,1-4H3. The summed E-state index contributed by atoms with van der Waals surface area (Å²) in [6, 6.07) is 20.1. The van der Waals surface area contributed by atoms with E-state index in [2.05, 4.69) is 13.8 Å². The Balaban J connectivity index is 1.83. The number of aryl methyl sites for hydroxylation is 1. The largest absolute Gasteiger partial charge is 0.301 e. The maximum absolute atomic E-state index is 13.9. The molecule has 4 rings (SSSR count). The number of rotatable bonds is 4. The molecule has 1 aliphatic heterocycles. The number of halogens is 1. The van der Waals surface area contributed by atoms with Gasteiger partial charge < -0.3 is 4.90 Å². The molecule has 0 bridgehead atoms. The number of hydrogen-bond acceptors (Lipinski definition) is 2. The van der Waals surface area contributed by atoms with Crippen molar-refractivity contribution < 1.29 is 9.59 Å². The molecule has 0 radical (unpaired) electrons. The van der Waals surface area contributed by atoms with Gasteiger partial charge in [0.2, 0.25) is 5.91 Å². The molecule has 0 saturated carbocycles. The molecule has 0 aromatic heterocycles. The van der Waals surface area contributed by atoms with Gasteiger partial charge in [-0.15, -0.1) is 0 Å². The van der Waals surface area contributed by atoms with E-state index in [4.69, 9.17) is 11.6 Å². The minimum Gasteiger partial charge on any atom is -0.301 e. The van der Waals surface area contributed by atoms with Crippen LogP contribution >= 0.6 is 11.6 Å². The molecule has 5 heteroatoms. The summed E-state index contributed by atoms with van der Waals surface area (Å²) in [5, 5.41) is 0.583. The average molecular weight is 447 g/mol. The number of carbonyl (C=O) groups is 2. The topological polar surface area (TPSA) is 40.6 Å². The van der Waals surface area contributed by atoms with Gasteiger partial charge in [-0.1, -0.05) is 61.8 Å². The molecule has 3 aromatic carbocycles. The van der Waals surface area contributed by atoms with Crippen molar-refractivity contribution in [2.24, 2.45) is 0 Å².